The number of morpholine rings is 1. The van der Waals surface area contributed by atoms with Crippen LogP contribution in [0.2, 0.25) is 0 Å². The van der Waals surface area contributed by atoms with Gasteiger partial charge in [-0.3, -0.25) is 4.79 Å². The summed E-state index contributed by atoms with van der Waals surface area (Å²) in [6, 6.07) is 0. The number of amides is 1. The fourth-order valence-electron chi connectivity index (χ4n) is 2.53. The third-order valence-electron chi connectivity index (χ3n) is 3.41. The molecule has 4 atom stereocenters. The first-order valence-electron chi connectivity index (χ1n) is 6.44. The molecule has 0 spiro atoms. The number of carboxylic acids is 1. The Labute approximate surface area is 111 Å². The van der Waals surface area contributed by atoms with Crippen LogP contribution >= 0.6 is 0 Å². The first-order valence-corrected chi connectivity index (χ1v) is 6.44. The molecule has 2 heterocycles. The summed E-state index contributed by atoms with van der Waals surface area (Å²) >= 11 is 0. The van der Waals surface area contributed by atoms with Gasteiger partial charge in [-0.25, -0.2) is 4.79 Å². The quantitative estimate of drug-likeness (QED) is 0.700. The normalized spacial score (nSPS) is 35.4. The number of hydrogen-bond acceptors (Lipinski definition) is 5. The molecule has 7 nitrogen and oxygen atoms in total. The number of rotatable bonds is 3. The Hall–Kier alpha value is -1.18. The van der Waals surface area contributed by atoms with Crippen molar-refractivity contribution in [3.63, 3.8) is 0 Å². The highest BCUT2D eigenvalue weighted by Crippen LogP contribution is 2.23. The first-order chi connectivity index (χ1) is 9.01. The summed E-state index contributed by atoms with van der Waals surface area (Å²) < 4.78 is 10.7. The fraction of sp³-hybridized carbons (Fsp3) is 0.833. The molecule has 4 unspecified atom stereocenters. The van der Waals surface area contributed by atoms with Gasteiger partial charge in [0.1, 0.15) is 6.10 Å². The second-order valence-corrected chi connectivity index (χ2v) is 5.02. The number of carboxylic acid groups (broad SMARTS) is 1. The zero-order valence-electron chi connectivity index (χ0n) is 10.8. The standard InChI is InChI=1S/C12H19NO6/c1-7-4-13(5-8(6-14)18-7)11(15)9-2-3-10(19-9)12(16)17/h7-10,14H,2-6H2,1H3,(H,16,17). The van der Waals surface area contributed by atoms with Crippen molar-refractivity contribution in [3.05, 3.63) is 0 Å². The maximum Gasteiger partial charge on any atom is 0.332 e. The monoisotopic (exact) mass is 273 g/mol. The van der Waals surface area contributed by atoms with Gasteiger partial charge in [0.05, 0.1) is 18.8 Å². The van der Waals surface area contributed by atoms with Crippen LogP contribution in [0, 0.1) is 0 Å². The van der Waals surface area contributed by atoms with E-state index < -0.39 is 18.2 Å². The van der Waals surface area contributed by atoms with Crippen LogP contribution in [-0.4, -0.2) is 71.1 Å². The lowest BCUT2D eigenvalue weighted by Crippen LogP contribution is -2.53. The molecule has 2 rings (SSSR count). The summed E-state index contributed by atoms with van der Waals surface area (Å²) in [5.41, 5.74) is 0. The first kappa shape index (κ1) is 14.2. The fourth-order valence-corrected chi connectivity index (χ4v) is 2.53. The molecule has 2 N–H and O–H groups in total. The number of aliphatic hydroxyl groups is 1. The Kier molecular flexibility index (Phi) is 4.38. The predicted molar refractivity (Wildman–Crippen MR) is 63.5 cm³/mol. The van der Waals surface area contributed by atoms with Gasteiger partial charge >= 0.3 is 5.97 Å². The van der Waals surface area contributed by atoms with Gasteiger partial charge in [-0.1, -0.05) is 0 Å². The lowest BCUT2D eigenvalue weighted by Gasteiger charge is -2.37. The second kappa shape index (κ2) is 5.85. The molecule has 7 heteroatoms. The predicted octanol–water partition coefficient (Wildman–Crippen LogP) is -0.773. The van der Waals surface area contributed by atoms with Crippen LogP contribution in [0.1, 0.15) is 19.8 Å². The molecule has 2 saturated heterocycles. The van der Waals surface area contributed by atoms with Gasteiger partial charge in [0, 0.05) is 13.1 Å². The SMILES string of the molecule is CC1CN(C(=O)C2CCC(C(=O)O)O2)CC(CO)O1. The number of carbonyl (C=O) groups is 2. The summed E-state index contributed by atoms with van der Waals surface area (Å²) in [6.07, 6.45) is -1.33. The minimum absolute atomic E-state index is 0.141. The van der Waals surface area contributed by atoms with Crippen molar-refractivity contribution in [2.45, 2.75) is 44.2 Å². The molecule has 19 heavy (non-hydrogen) atoms. The molecule has 0 aromatic heterocycles. The molecular formula is C12H19NO6. The maximum absolute atomic E-state index is 12.2. The van der Waals surface area contributed by atoms with E-state index in [0.717, 1.165) is 0 Å². The van der Waals surface area contributed by atoms with E-state index >= 15 is 0 Å². The molecule has 0 aliphatic carbocycles. The smallest absolute Gasteiger partial charge is 0.332 e. The van der Waals surface area contributed by atoms with E-state index in [2.05, 4.69) is 0 Å². The number of hydrogen-bond donors (Lipinski definition) is 2. The van der Waals surface area contributed by atoms with Gasteiger partial charge in [-0.15, -0.1) is 0 Å². The van der Waals surface area contributed by atoms with Crippen molar-refractivity contribution in [3.8, 4) is 0 Å². The van der Waals surface area contributed by atoms with Gasteiger partial charge in [0.15, 0.2) is 6.10 Å². The molecule has 0 aromatic carbocycles. The number of ether oxygens (including phenoxy) is 2. The molecule has 0 radical (unpaired) electrons. The summed E-state index contributed by atoms with van der Waals surface area (Å²) in [6.45, 7) is 2.44. The largest absolute Gasteiger partial charge is 0.479 e. The van der Waals surface area contributed by atoms with Crippen LogP contribution in [0.25, 0.3) is 0 Å². The lowest BCUT2D eigenvalue weighted by molar-refractivity contribution is -0.162. The Morgan fingerprint density at radius 3 is 2.47 bits per heavy atom. The molecule has 0 aromatic rings. The Morgan fingerprint density at radius 1 is 1.21 bits per heavy atom. The minimum atomic E-state index is -1.03. The zero-order valence-corrected chi connectivity index (χ0v) is 10.8. The Bertz CT molecular complexity index is 360. The van der Waals surface area contributed by atoms with Crippen LogP contribution < -0.4 is 0 Å². The van der Waals surface area contributed by atoms with Crippen molar-refractivity contribution in [2.24, 2.45) is 0 Å². The third-order valence-corrected chi connectivity index (χ3v) is 3.41. The number of carbonyl (C=O) groups excluding carboxylic acids is 1. The average Bonchev–Trinajstić information content (AvgIpc) is 2.86. The van der Waals surface area contributed by atoms with Crippen molar-refractivity contribution < 1.29 is 29.3 Å². The molecule has 2 aliphatic heterocycles. The highest BCUT2D eigenvalue weighted by Gasteiger charge is 2.38. The highest BCUT2D eigenvalue weighted by molar-refractivity contribution is 5.82. The molecule has 0 saturated carbocycles. The third kappa shape index (κ3) is 3.23. The van der Waals surface area contributed by atoms with E-state index in [0.29, 0.717) is 25.9 Å². The molecular weight excluding hydrogens is 254 g/mol. The van der Waals surface area contributed by atoms with Gasteiger partial charge in [-0.05, 0) is 19.8 Å². The van der Waals surface area contributed by atoms with Crippen molar-refractivity contribution >= 4 is 11.9 Å². The van der Waals surface area contributed by atoms with Crippen molar-refractivity contribution in [2.75, 3.05) is 19.7 Å². The minimum Gasteiger partial charge on any atom is -0.479 e. The van der Waals surface area contributed by atoms with Gasteiger partial charge in [-0.2, -0.15) is 0 Å². The summed E-state index contributed by atoms with van der Waals surface area (Å²) in [5.74, 6) is -1.24. The zero-order chi connectivity index (χ0) is 14.0. The molecule has 108 valence electrons. The lowest BCUT2D eigenvalue weighted by atomic mass is 10.1. The van der Waals surface area contributed by atoms with Crippen LogP contribution in [0.5, 0.6) is 0 Å². The molecule has 0 bridgehead atoms. The molecule has 2 aliphatic rings. The Morgan fingerprint density at radius 2 is 1.89 bits per heavy atom. The van der Waals surface area contributed by atoms with Crippen molar-refractivity contribution in [1.82, 2.24) is 4.90 Å². The van der Waals surface area contributed by atoms with Gasteiger partial charge in [0.25, 0.3) is 5.91 Å². The average molecular weight is 273 g/mol. The number of aliphatic carboxylic acids is 1. The van der Waals surface area contributed by atoms with E-state index in [1.165, 1.54) is 0 Å². The summed E-state index contributed by atoms with van der Waals surface area (Å²) in [5, 5.41) is 18.0. The van der Waals surface area contributed by atoms with E-state index in [-0.39, 0.29) is 24.7 Å². The topological polar surface area (TPSA) is 96.3 Å². The van der Waals surface area contributed by atoms with Gasteiger partial charge < -0.3 is 24.6 Å². The van der Waals surface area contributed by atoms with Crippen LogP contribution in [0.3, 0.4) is 0 Å². The summed E-state index contributed by atoms with van der Waals surface area (Å²) in [4.78, 5) is 24.6. The maximum atomic E-state index is 12.2. The summed E-state index contributed by atoms with van der Waals surface area (Å²) in [7, 11) is 0. The molecule has 1 amide bonds. The van der Waals surface area contributed by atoms with Crippen LogP contribution in [0.4, 0.5) is 0 Å². The van der Waals surface area contributed by atoms with E-state index in [1.807, 2.05) is 6.92 Å². The molecule has 2 fully saturated rings. The highest BCUT2D eigenvalue weighted by atomic mass is 16.5. The van der Waals surface area contributed by atoms with Gasteiger partial charge in [0.2, 0.25) is 0 Å². The van der Waals surface area contributed by atoms with E-state index in [9.17, 15) is 9.59 Å². The van der Waals surface area contributed by atoms with Crippen LogP contribution in [0.15, 0.2) is 0 Å². The second-order valence-electron chi connectivity index (χ2n) is 5.02. The van der Waals surface area contributed by atoms with E-state index in [4.69, 9.17) is 19.7 Å². The van der Waals surface area contributed by atoms with Crippen molar-refractivity contribution in [1.29, 1.82) is 0 Å². The number of nitrogens with zero attached hydrogens (tertiary/aromatic N) is 1. The van der Waals surface area contributed by atoms with Crippen LogP contribution in [-0.2, 0) is 19.1 Å². The number of aliphatic hydroxyl groups excluding tert-OH is 1. The van der Waals surface area contributed by atoms with E-state index in [1.54, 1.807) is 4.90 Å². The Balaban J connectivity index is 1.94.